The van der Waals surface area contributed by atoms with Gasteiger partial charge in [-0.15, -0.1) is 0 Å². The van der Waals surface area contributed by atoms with Gasteiger partial charge in [0.05, 0.1) is 13.7 Å². The number of benzene rings is 2. The first-order valence-electron chi connectivity index (χ1n) is 11.6. The van der Waals surface area contributed by atoms with Crippen LogP contribution in [0.4, 0.5) is 0 Å². The van der Waals surface area contributed by atoms with Gasteiger partial charge >= 0.3 is 5.97 Å². The van der Waals surface area contributed by atoms with Gasteiger partial charge in [-0.1, -0.05) is 63.6 Å². The van der Waals surface area contributed by atoms with E-state index in [0.717, 1.165) is 34.8 Å². The van der Waals surface area contributed by atoms with Crippen molar-refractivity contribution in [3.05, 3.63) is 69.2 Å². The lowest BCUT2D eigenvalue weighted by Crippen LogP contribution is -2.06. The standard InChI is InChI=1S/C27H28Br2N2O3/c1-33-27(32)23-9-8-10-26(30-23)34-16-7-5-3-2-4-6-15-31-24-13-11-19(28)17-21(24)22-18-20(29)12-14-25(22)31/h8-14,17-18H,2-7,15-16H2,1H3. The molecule has 2 aromatic heterocycles. The van der Waals surface area contributed by atoms with Gasteiger partial charge in [0.2, 0.25) is 5.88 Å². The Hall–Kier alpha value is -2.38. The molecular weight excluding hydrogens is 560 g/mol. The molecule has 0 amide bonds. The number of pyridine rings is 1. The Labute approximate surface area is 216 Å². The summed E-state index contributed by atoms with van der Waals surface area (Å²) in [6.07, 6.45) is 6.86. The summed E-state index contributed by atoms with van der Waals surface area (Å²) in [6.45, 7) is 1.62. The maximum Gasteiger partial charge on any atom is 0.356 e. The van der Waals surface area contributed by atoms with Crippen LogP contribution in [0.3, 0.4) is 0 Å². The quantitative estimate of drug-likeness (QED) is 0.132. The maximum absolute atomic E-state index is 11.6. The van der Waals surface area contributed by atoms with Gasteiger partial charge < -0.3 is 14.0 Å². The number of aromatic nitrogens is 2. The third kappa shape index (κ3) is 5.99. The zero-order chi connectivity index (χ0) is 23.9. The molecule has 0 fully saturated rings. The van der Waals surface area contributed by atoms with Crippen molar-refractivity contribution in [2.45, 2.75) is 45.1 Å². The Morgan fingerprint density at radius 2 is 1.47 bits per heavy atom. The van der Waals surface area contributed by atoms with E-state index in [9.17, 15) is 4.79 Å². The number of unbranched alkanes of at least 4 members (excludes halogenated alkanes) is 5. The van der Waals surface area contributed by atoms with Crippen molar-refractivity contribution >= 4 is 59.6 Å². The van der Waals surface area contributed by atoms with Crippen molar-refractivity contribution in [2.75, 3.05) is 13.7 Å². The number of esters is 1. The molecule has 178 valence electrons. The largest absolute Gasteiger partial charge is 0.478 e. The number of fused-ring (bicyclic) bond motifs is 3. The highest BCUT2D eigenvalue weighted by Gasteiger charge is 2.11. The Bertz CT molecular complexity index is 1230. The van der Waals surface area contributed by atoms with Crippen molar-refractivity contribution in [2.24, 2.45) is 0 Å². The van der Waals surface area contributed by atoms with Crippen LogP contribution in [0.25, 0.3) is 21.8 Å². The molecule has 0 saturated heterocycles. The van der Waals surface area contributed by atoms with E-state index in [1.165, 1.54) is 48.2 Å². The molecule has 0 unspecified atom stereocenters. The number of carbonyl (C=O) groups is 1. The highest BCUT2D eigenvalue weighted by atomic mass is 79.9. The lowest BCUT2D eigenvalue weighted by atomic mass is 10.1. The molecule has 0 bridgehead atoms. The molecule has 0 aliphatic carbocycles. The molecule has 0 aliphatic heterocycles. The molecule has 2 aromatic carbocycles. The first-order valence-corrected chi connectivity index (χ1v) is 13.2. The molecule has 0 N–H and O–H groups in total. The molecule has 7 heteroatoms. The first-order chi connectivity index (χ1) is 16.6. The van der Waals surface area contributed by atoms with Crippen LogP contribution in [-0.4, -0.2) is 29.2 Å². The summed E-state index contributed by atoms with van der Waals surface area (Å²) < 4.78 is 15.0. The van der Waals surface area contributed by atoms with E-state index in [0.29, 0.717) is 12.5 Å². The minimum absolute atomic E-state index is 0.267. The second kappa shape index (κ2) is 11.8. The molecule has 0 spiro atoms. The average Bonchev–Trinajstić information content (AvgIpc) is 3.14. The zero-order valence-corrected chi connectivity index (χ0v) is 22.4. The first kappa shape index (κ1) is 24.7. The third-order valence-corrected chi connectivity index (χ3v) is 6.92. The minimum atomic E-state index is -0.452. The van der Waals surface area contributed by atoms with Gasteiger partial charge in [-0.3, -0.25) is 0 Å². The third-order valence-electron chi connectivity index (χ3n) is 5.93. The Morgan fingerprint density at radius 3 is 2.12 bits per heavy atom. The van der Waals surface area contributed by atoms with Gasteiger partial charge in [-0.25, -0.2) is 9.78 Å². The normalized spacial score (nSPS) is 11.3. The van der Waals surface area contributed by atoms with E-state index in [-0.39, 0.29) is 5.69 Å². The summed E-state index contributed by atoms with van der Waals surface area (Å²) in [5.41, 5.74) is 2.85. The number of halogens is 2. The van der Waals surface area contributed by atoms with Crippen LogP contribution in [0.1, 0.15) is 49.0 Å². The topological polar surface area (TPSA) is 53.4 Å². The summed E-state index contributed by atoms with van der Waals surface area (Å²) >= 11 is 7.24. The summed E-state index contributed by atoms with van der Waals surface area (Å²) in [7, 11) is 1.35. The predicted octanol–water partition coefficient (Wildman–Crippen LogP) is 7.92. The van der Waals surface area contributed by atoms with Crippen molar-refractivity contribution in [1.29, 1.82) is 0 Å². The average molecular weight is 588 g/mol. The molecule has 4 rings (SSSR count). The van der Waals surface area contributed by atoms with Gasteiger partial charge in [-0.05, 0) is 55.3 Å². The SMILES string of the molecule is COC(=O)c1cccc(OCCCCCCCCn2c3ccc(Br)cc3c3cc(Br)ccc32)n1. The van der Waals surface area contributed by atoms with E-state index < -0.39 is 5.97 Å². The number of ether oxygens (including phenoxy) is 2. The van der Waals surface area contributed by atoms with Gasteiger partial charge in [-0.2, -0.15) is 0 Å². The number of aryl methyl sites for hydroxylation is 1. The molecule has 34 heavy (non-hydrogen) atoms. The summed E-state index contributed by atoms with van der Waals surface area (Å²) in [6, 6.07) is 18.2. The van der Waals surface area contributed by atoms with Crippen molar-refractivity contribution < 1.29 is 14.3 Å². The lowest BCUT2D eigenvalue weighted by molar-refractivity contribution is 0.0592. The smallest absolute Gasteiger partial charge is 0.356 e. The van der Waals surface area contributed by atoms with Gasteiger partial charge in [0.15, 0.2) is 5.69 Å². The second-order valence-electron chi connectivity index (χ2n) is 8.30. The number of hydrogen-bond donors (Lipinski definition) is 0. The van der Waals surface area contributed by atoms with Crippen molar-refractivity contribution in [3.8, 4) is 5.88 Å². The van der Waals surface area contributed by atoms with Gasteiger partial charge in [0.1, 0.15) is 0 Å². The molecule has 0 radical (unpaired) electrons. The predicted molar refractivity (Wildman–Crippen MR) is 144 cm³/mol. The molecule has 0 atom stereocenters. The minimum Gasteiger partial charge on any atom is -0.478 e. The summed E-state index contributed by atoms with van der Waals surface area (Å²) in [4.78, 5) is 15.7. The number of hydrogen-bond acceptors (Lipinski definition) is 4. The summed E-state index contributed by atoms with van der Waals surface area (Å²) in [5.74, 6) is 0.0141. The molecular formula is C27H28Br2N2O3. The number of methoxy groups -OCH3 is 1. The van der Waals surface area contributed by atoms with Crippen LogP contribution in [0, 0.1) is 0 Å². The van der Waals surface area contributed by atoms with Crippen LogP contribution < -0.4 is 4.74 Å². The monoisotopic (exact) mass is 586 g/mol. The maximum atomic E-state index is 11.6. The van der Waals surface area contributed by atoms with Crippen molar-refractivity contribution in [1.82, 2.24) is 9.55 Å². The second-order valence-corrected chi connectivity index (χ2v) is 10.1. The van der Waals surface area contributed by atoms with E-state index in [2.05, 4.69) is 77.8 Å². The van der Waals surface area contributed by atoms with Crippen LogP contribution in [0.2, 0.25) is 0 Å². The highest BCUT2D eigenvalue weighted by Crippen LogP contribution is 2.33. The molecule has 5 nitrogen and oxygen atoms in total. The molecule has 0 aliphatic rings. The fraction of sp³-hybridized carbons (Fsp3) is 0.333. The lowest BCUT2D eigenvalue weighted by Gasteiger charge is -2.08. The number of carbonyl (C=O) groups excluding carboxylic acids is 1. The fourth-order valence-electron chi connectivity index (χ4n) is 4.26. The van der Waals surface area contributed by atoms with Crippen LogP contribution >= 0.6 is 31.9 Å². The highest BCUT2D eigenvalue weighted by molar-refractivity contribution is 9.10. The van der Waals surface area contributed by atoms with Crippen LogP contribution in [-0.2, 0) is 11.3 Å². The van der Waals surface area contributed by atoms with E-state index in [1.807, 2.05) is 0 Å². The van der Waals surface area contributed by atoms with Crippen molar-refractivity contribution in [3.63, 3.8) is 0 Å². The number of rotatable bonds is 11. The Balaban J connectivity index is 1.20. The van der Waals surface area contributed by atoms with Crippen LogP contribution in [0.5, 0.6) is 5.88 Å². The summed E-state index contributed by atoms with van der Waals surface area (Å²) in [5, 5.41) is 2.58. The Morgan fingerprint density at radius 1 is 0.853 bits per heavy atom. The molecule has 0 saturated carbocycles. The Kier molecular flexibility index (Phi) is 8.62. The van der Waals surface area contributed by atoms with E-state index >= 15 is 0 Å². The van der Waals surface area contributed by atoms with E-state index in [4.69, 9.17) is 9.47 Å². The van der Waals surface area contributed by atoms with Crippen LogP contribution in [0.15, 0.2) is 63.5 Å². The molecule has 2 heterocycles. The number of nitrogens with zero attached hydrogens (tertiary/aromatic N) is 2. The fourth-order valence-corrected chi connectivity index (χ4v) is 4.98. The van der Waals surface area contributed by atoms with Gasteiger partial charge in [0.25, 0.3) is 0 Å². The van der Waals surface area contributed by atoms with Gasteiger partial charge in [0, 0.05) is 43.4 Å². The zero-order valence-electron chi connectivity index (χ0n) is 19.2. The van der Waals surface area contributed by atoms with E-state index in [1.54, 1.807) is 18.2 Å². The molecule has 4 aromatic rings.